The van der Waals surface area contributed by atoms with Gasteiger partial charge in [0, 0.05) is 22.3 Å². The number of anilines is 2. The van der Waals surface area contributed by atoms with Crippen LogP contribution in [-0.4, -0.2) is 20.4 Å². The summed E-state index contributed by atoms with van der Waals surface area (Å²) in [5, 5.41) is 3.41. The molecule has 0 aromatic heterocycles. The molecule has 33 heavy (non-hydrogen) atoms. The van der Waals surface area contributed by atoms with Crippen LogP contribution in [0.1, 0.15) is 48.2 Å². The number of rotatable bonds is 7. The van der Waals surface area contributed by atoms with Crippen molar-refractivity contribution in [3.05, 3.63) is 88.4 Å². The van der Waals surface area contributed by atoms with Crippen LogP contribution in [0.25, 0.3) is 0 Å². The number of hydrogen-bond donors (Lipinski definition) is 1. The Morgan fingerprint density at radius 2 is 1.76 bits per heavy atom. The number of nitrogens with zero attached hydrogens (tertiary/aromatic N) is 1. The number of sulfonamides is 1. The van der Waals surface area contributed by atoms with Crippen molar-refractivity contribution in [3.8, 4) is 0 Å². The van der Waals surface area contributed by atoms with E-state index < -0.39 is 10.0 Å². The average Bonchev–Trinajstić information content (AvgIpc) is 3.14. The van der Waals surface area contributed by atoms with Crippen molar-refractivity contribution in [2.45, 2.75) is 50.5 Å². The van der Waals surface area contributed by atoms with Gasteiger partial charge in [-0.15, -0.1) is 0 Å². The maximum atomic E-state index is 13.3. The monoisotopic (exact) mass is 482 g/mol. The summed E-state index contributed by atoms with van der Waals surface area (Å²) in [4.78, 5) is 13.0. The summed E-state index contributed by atoms with van der Waals surface area (Å²) in [6.45, 7) is 4.03. The molecule has 3 aromatic carbocycles. The zero-order valence-electron chi connectivity index (χ0n) is 18.7. The molecule has 1 heterocycles. The molecular weight excluding hydrogens is 456 g/mol. The molecule has 0 radical (unpaired) electrons. The summed E-state index contributed by atoms with van der Waals surface area (Å²) in [5.41, 5.74) is 3.93. The van der Waals surface area contributed by atoms with Gasteiger partial charge in [0.25, 0.3) is 15.9 Å². The molecular formula is C26H27ClN2O3S. The van der Waals surface area contributed by atoms with E-state index in [1.807, 2.05) is 31.2 Å². The van der Waals surface area contributed by atoms with Crippen LogP contribution >= 0.6 is 11.6 Å². The fraction of sp³-hybridized carbons (Fsp3) is 0.269. The van der Waals surface area contributed by atoms with E-state index >= 15 is 0 Å². The molecule has 0 spiro atoms. The van der Waals surface area contributed by atoms with Gasteiger partial charge in [-0.05, 0) is 91.9 Å². The van der Waals surface area contributed by atoms with Crippen LogP contribution in [0.2, 0.25) is 5.02 Å². The van der Waals surface area contributed by atoms with Gasteiger partial charge >= 0.3 is 0 Å². The third-order valence-electron chi connectivity index (χ3n) is 5.90. The highest BCUT2D eigenvalue weighted by molar-refractivity contribution is 7.92. The van der Waals surface area contributed by atoms with Crippen LogP contribution in [-0.2, 0) is 22.9 Å². The predicted octanol–water partition coefficient (Wildman–Crippen LogP) is 6.07. The lowest BCUT2D eigenvalue weighted by atomic mass is 10.1. The Kier molecular flexibility index (Phi) is 6.77. The SMILES string of the molecule is CCCCc1ccc(NC(=O)c2ccc3c(c2)C[C@@H](C)N3S(=O)(=O)c2ccc(Cl)cc2)cc1. The largest absolute Gasteiger partial charge is 0.322 e. The van der Waals surface area contributed by atoms with Gasteiger partial charge in [-0.1, -0.05) is 37.1 Å². The first-order chi connectivity index (χ1) is 15.8. The predicted molar refractivity (Wildman–Crippen MR) is 134 cm³/mol. The van der Waals surface area contributed by atoms with Gasteiger partial charge in [-0.3, -0.25) is 9.10 Å². The molecule has 5 nitrogen and oxygen atoms in total. The quantitative estimate of drug-likeness (QED) is 0.444. The molecule has 0 aliphatic carbocycles. The number of unbranched alkanes of at least 4 members (excludes halogenated alkanes) is 1. The second-order valence-electron chi connectivity index (χ2n) is 8.41. The molecule has 7 heteroatoms. The average molecular weight is 483 g/mol. The summed E-state index contributed by atoms with van der Waals surface area (Å²) < 4.78 is 28.0. The van der Waals surface area contributed by atoms with Crippen molar-refractivity contribution in [2.24, 2.45) is 0 Å². The van der Waals surface area contributed by atoms with E-state index in [0.717, 1.165) is 30.5 Å². The van der Waals surface area contributed by atoms with Gasteiger partial charge in [0.1, 0.15) is 0 Å². The van der Waals surface area contributed by atoms with Gasteiger partial charge in [-0.2, -0.15) is 0 Å². The van der Waals surface area contributed by atoms with Crippen molar-refractivity contribution >= 4 is 38.9 Å². The maximum Gasteiger partial charge on any atom is 0.264 e. The van der Waals surface area contributed by atoms with E-state index in [2.05, 4.69) is 12.2 Å². The molecule has 1 aliphatic heterocycles. The molecule has 1 N–H and O–H groups in total. The van der Waals surface area contributed by atoms with Gasteiger partial charge in [0.2, 0.25) is 0 Å². The Balaban J connectivity index is 1.53. The maximum absolute atomic E-state index is 13.3. The molecule has 172 valence electrons. The molecule has 3 aromatic rings. The van der Waals surface area contributed by atoms with Crippen LogP contribution < -0.4 is 9.62 Å². The molecule has 0 saturated heterocycles. The van der Waals surface area contributed by atoms with Crippen LogP contribution in [0.3, 0.4) is 0 Å². The molecule has 0 fully saturated rings. The van der Waals surface area contributed by atoms with Gasteiger partial charge in [0.15, 0.2) is 0 Å². The normalized spacial score (nSPS) is 15.4. The summed E-state index contributed by atoms with van der Waals surface area (Å²) in [7, 11) is -3.74. The van der Waals surface area contributed by atoms with Crippen molar-refractivity contribution in [3.63, 3.8) is 0 Å². The number of fused-ring (bicyclic) bond motifs is 1. The third-order valence-corrected chi connectivity index (χ3v) is 8.09. The zero-order chi connectivity index (χ0) is 23.6. The minimum absolute atomic E-state index is 0.191. The second-order valence-corrected chi connectivity index (χ2v) is 10.7. The number of nitrogens with one attached hydrogen (secondary N) is 1. The first-order valence-electron chi connectivity index (χ1n) is 11.1. The summed E-state index contributed by atoms with van der Waals surface area (Å²) in [6.07, 6.45) is 3.86. The Bertz CT molecular complexity index is 1260. The summed E-state index contributed by atoms with van der Waals surface area (Å²) in [5.74, 6) is -0.217. The van der Waals surface area contributed by atoms with E-state index in [0.29, 0.717) is 22.7 Å². The lowest BCUT2D eigenvalue weighted by Crippen LogP contribution is -2.35. The number of carbonyl (C=O) groups excluding carboxylic acids is 1. The molecule has 1 atom stereocenters. The van der Waals surface area contributed by atoms with Crippen LogP contribution in [0.5, 0.6) is 0 Å². The Morgan fingerprint density at radius 3 is 2.42 bits per heavy atom. The Labute approximate surface area is 200 Å². The van der Waals surface area contributed by atoms with Crippen molar-refractivity contribution < 1.29 is 13.2 Å². The minimum atomic E-state index is -3.74. The number of amides is 1. The summed E-state index contributed by atoms with van der Waals surface area (Å²) >= 11 is 5.92. The molecule has 1 amide bonds. The third kappa shape index (κ3) is 4.92. The first kappa shape index (κ1) is 23.3. The van der Waals surface area contributed by atoms with E-state index in [1.54, 1.807) is 30.3 Å². The molecule has 1 aliphatic rings. The van der Waals surface area contributed by atoms with E-state index in [1.165, 1.54) is 22.0 Å². The van der Waals surface area contributed by atoms with Gasteiger partial charge in [-0.25, -0.2) is 8.42 Å². The van der Waals surface area contributed by atoms with Gasteiger partial charge < -0.3 is 5.32 Å². The highest BCUT2D eigenvalue weighted by Gasteiger charge is 2.36. The molecule has 4 rings (SSSR count). The first-order valence-corrected chi connectivity index (χ1v) is 12.9. The zero-order valence-corrected chi connectivity index (χ0v) is 20.3. The molecule has 0 saturated carbocycles. The fourth-order valence-electron chi connectivity index (χ4n) is 4.17. The van der Waals surface area contributed by atoms with Crippen molar-refractivity contribution in [1.29, 1.82) is 0 Å². The number of halogens is 1. The van der Waals surface area contributed by atoms with Crippen LogP contribution in [0, 0.1) is 0 Å². The number of aryl methyl sites for hydroxylation is 1. The van der Waals surface area contributed by atoms with Gasteiger partial charge in [0.05, 0.1) is 10.6 Å². The van der Waals surface area contributed by atoms with E-state index in [-0.39, 0.29) is 16.8 Å². The highest BCUT2D eigenvalue weighted by Crippen LogP contribution is 2.37. The van der Waals surface area contributed by atoms with Crippen LogP contribution in [0.4, 0.5) is 11.4 Å². The van der Waals surface area contributed by atoms with Crippen LogP contribution in [0.15, 0.2) is 71.6 Å². The molecule has 0 unspecified atom stereocenters. The van der Waals surface area contributed by atoms with E-state index in [9.17, 15) is 13.2 Å². The minimum Gasteiger partial charge on any atom is -0.322 e. The fourth-order valence-corrected chi connectivity index (χ4v) is 5.99. The van der Waals surface area contributed by atoms with Crippen molar-refractivity contribution in [2.75, 3.05) is 9.62 Å². The topological polar surface area (TPSA) is 66.5 Å². The summed E-state index contributed by atoms with van der Waals surface area (Å²) in [6, 6.07) is 19.0. The molecule has 0 bridgehead atoms. The number of carbonyl (C=O) groups is 1. The number of benzene rings is 3. The standard InChI is InChI=1S/C26H27ClN2O3S/c1-3-4-5-19-6-11-23(12-7-19)28-26(30)20-8-15-25-21(17-20)16-18(2)29(25)33(31,32)24-13-9-22(27)10-14-24/h6-15,17-18H,3-5,16H2,1-2H3,(H,28,30)/t18-/m1/s1. The lowest BCUT2D eigenvalue weighted by molar-refractivity contribution is 0.102. The van der Waals surface area contributed by atoms with E-state index in [4.69, 9.17) is 11.6 Å². The smallest absolute Gasteiger partial charge is 0.264 e. The Morgan fingerprint density at radius 1 is 1.06 bits per heavy atom. The lowest BCUT2D eigenvalue weighted by Gasteiger charge is -2.24. The number of hydrogen-bond acceptors (Lipinski definition) is 3. The highest BCUT2D eigenvalue weighted by atomic mass is 35.5. The van der Waals surface area contributed by atoms with Crippen molar-refractivity contribution in [1.82, 2.24) is 0 Å². The Hall–Kier alpha value is -2.83. The second kappa shape index (κ2) is 9.57.